The summed E-state index contributed by atoms with van der Waals surface area (Å²) in [6.45, 7) is 5.94. The second-order valence-corrected chi connectivity index (χ2v) is 6.55. The normalized spacial score (nSPS) is 11.0. The standard InChI is InChI=1S/C14H18N4OS2/c1-8(2)11-16-9(3)10(12(17-11)20-5)13(19)18(4)14-15-6-7-21-14/h6-8H,1-5H3. The number of hydrogen-bond donors (Lipinski definition) is 0. The number of thioether (sulfide) groups is 1. The summed E-state index contributed by atoms with van der Waals surface area (Å²) in [4.78, 5) is 27.4. The molecule has 0 aliphatic carbocycles. The van der Waals surface area contributed by atoms with E-state index in [0.29, 0.717) is 16.4 Å². The van der Waals surface area contributed by atoms with Gasteiger partial charge in [-0.15, -0.1) is 23.1 Å². The highest BCUT2D eigenvalue weighted by molar-refractivity contribution is 7.98. The predicted molar refractivity (Wildman–Crippen MR) is 87.5 cm³/mol. The minimum absolute atomic E-state index is 0.123. The van der Waals surface area contributed by atoms with Crippen molar-refractivity contribution in [3.8, 4) is 0 Å². The van der Waals surface area contributed by atoms with Crippen molar-refractivity contribution in [2.45, 2.75) is 31.7 Å². The van der Waals surface area contributed by atoms with Crippen molar-refractivity contribution in [2.75, 3.05) is 18.2 Å². The molecule has 21 heavy (non-hydrogen) atoms. The molecule has 2 aromatic heterocycles. The van der Waals surface area contributed by atoms with Gasteiger partial charge in [-0.25, -0.2) is 15.0 Å². The van der Waals surface area contributed by atoms with Gasteiger partial charge in [0, 0.05) is 24.5 Å². The summed E-state index contributed by atoms with van der Waals surface area (Å²) in [5, 5.41) is 3.23. The number of aromatic nitrogens is 3. The zero-order chi connectivity index (χ0) is 15.6. The minimum atomic E-state index is -0.123. The van der Waals surface area contributed by atoms with Gasteiger partial charge in [0.15, 0.2) is 5.13 Å². The third kappa shape index (κ3) is 3.24. The second kappa shape index (κ2) is 6.53. The maximum absolute atomic E-state index is 12.7. The predicted octanol–water partition coefficient (Wildman–Crippen LogP) is 3.36. The summed E-state index contributed by atoms with van der Waals surface area (Å²) in [5.41, 5.74) is 1.27. The Morgan fingerprint density at radius 1 is 1.38 bits per heavy atom. The van der Waals surface area contributed by atoms with Crippen molar-refractivity contribution in [3.05, 3.63) is 28.7 Å². The van der Waals surface area contributed by atoms with E-state index in [9.17, 15) is 4.79 Å². The Bertz CT molecular complexity index is 641. The van der Waals surface area contributed by atoms with E-state index in [1.807, 2.05) is 32.4 Å². The molecule has 0 spiro atoms. The van der Waals surface area contributed by atoms with Crippen LogP contribution in [0, 0.1) is 6.92 Å². The summed E-state index contributed by atoms with van der Waals surface area (Å²) in [6, 6.07) is 0. The van der Waals surface area contributed by atoms with Gasteiger partial charge in [-0.1, -0.05) is 13.8 Å². The monoisotopic (exact) mass is 322 g/mol. The molecule has 2 aromatic rings. The molecule has 0 saturated heterocycles. The second-order valence-electron chi connectivity index (χ2n) is 4.89. The Morgan fingerprint density at radius 2 is 2.10 bits per heavy atom. The van der Waals surface area contributed by atoms with E-state index in [1.165, 1.54) is 23.1 Å². The highest BCUT2D eigenvalue weighted by Gasteiger charge is 2.23. The SMILES string of the molecule is CSc1nc(C(C)C)nc(C)c1C(=O)N(C)c1nccs1. The molecule has 0 aromatic carbocycles. The van der Waals surface area contributed by atoms with Crippen LogP contribution in [0.5, 0.6) is 0 Å². The number of carbonyl (C=O) groups excluding carboxylic acids is 1. The Balaban J connectivity index is 2.45. The lowest BCUT2D eigenvalue weighted by atomic mass is 10.1. The molecule has 0 aliphatic heterocycles. The Labute approximate surface area is 132 Å². The first-order valence-corrected chi connectivity index (χ1v) is 8.66. The molecule has 7 heteroatoms. The molecule has 0 unspecified atom stereocenters. The van der Waals surface area contributed by atoms with Crippen molar-refractivity contribution in [1.82, 2.24) is 15.0 Å². The molecule has 0 bridgehead atoms. The number of hydrogen-bond acceptors (Lipinski definition) is 6. The van der Waals surface area contributed by atoms with Gasteiger partial charge >= 0.3 is 0 Å². The van der Waals surface area contributed by atoms with Gasteiger partial charge in [0.05, 0.1) is 11.3 Å². The average Bonchev–Trinajstić information content (AvgIpc) is 2.98. The minimum Gasteiger partial charge on any atom is -0.287 e. The van der Waals surface area contributed by atoms with Crippen LogP contribution in [0.1, 0.15) is 41.6 Å². The first-order valence-electron chi connectivity index (χ1n) is 6.55. The number of amides is 1. The molecule has 1 amide bonds. The van der Waals surface area contributed by atoms with E-state index >= 15 is 0 Å². The van der Waals surface area contributed by atoms with Crippen molar-refractivity contribution in [1.29, 1.82) is 0 Å². The zero-order valence-electron chi connectivity index (χ0n) is 12.7. The third-order valence-corrected chi connectivity index (χ3v) is 4.54. The summed E-state index contributed by atoms with van der Waals surface area (Å²) in [5.74, 6) is 0.878. The quantitative estimate of drug-likeness (QED) is 0.638. The molecule has 0 fully saturated rings. The average molecular weight is 322 g/mol. The van der Waals surface area contributed by atoms with E-state index in [1.54, 1.807) is 18.1 Å². The van der Waals surface area contributed by atoms with Gasteiger partial charge in [-0.3, -0.25) is 9.69 Å². The van der Waals surface area contributed by atoms with Gasteiger partial charge in [0.1, 0.15) is 10.9 Å². The number of nitrogens with zero attached hydrogens (tertiary/aromatic N) is 4. The molecule has 2 heterocycles. The lowest BCUT2D eigenvalue weighted by molar-refractivity contribution is 0.0988. The largest absolute Gasteiger partial charge is 0.287 e. The Kier molecular flexibility index (Phi) is 4.95. The molecule has 112 valence electrons. The van der Waals surface area contributed by atoms with Crippen LogP contribution in [0.15, 0.2) is 16.6 Å². The number of rotatable bonds is 4. The van der Waals surface area contributed by atoms with Gasteiger partial charge < -0.3 is 0 Å². The highest BCUT2D eigenvalue weighted by atomic mass is 32.2. The van der Waals surface area contributed by atoms with Crippen LogP contribution in [0.25, 0.3) is 0 Å². The fraction of sp³-hybridized carbons (Fsp3) is 0.429. The molecule has 0 radical (unpaired) electrons. The summed E-state index contributed by atoms with van der Waals surface area (Å²) < 4.78 is 0. The van der Waals surface area contributed by atoms with Crippen molar-refractivity contribution < 1.29 is 4.79 Å². The maximum Gasteiger partial charge on any atom is 0.264 e. The first kappa shape index (κ1) is 15.9. The molecular weight excluding hydrogens is 304 g/mol. The van der Waals surface area contributed by atoms with Gasteiger partial charge in [-0.05, 0) is 13.2 Å². The van der Waals surface area contributed by atoms with E-state index in [2.05, 4.69) is 15.0 Å². The number of thiazole rings is 1. The lowest BCUT2D eigenvalue weighted by Gasteiger charge is -2.18. The third-order valence-electron chi connectivity index (χ3n) is 3.01. The number of anilines is 1. The molecule has 0 saturated carbocycles. The number of carbonyl (C=O) groups is 1. The van der Waals surface area contributed by atoms with Crippen LogP contribution in [-0.4, -0.2) is 34.2 Å². The van der Waals surface area contributed by atoms with Crippen molar-refractivity contribution in [3.63, 3.8) is 0 Å². The van der Waals surface area contributed by atoms with Crippen molar-refractivity contribution in [2.24, 2.45) is 0 Å². The van der Waals surface area contributed by atoms with E-state index < -0.39 is 0 Å². The molecule has 0 aliphatic rings. The highest BCUT2D eigenvalue weighted by Crippen LogP contribution is 2.26. The molecule has 0 N–H and O–H groups in total. The van der Waals surface area contributed by atoms with Gasteiger partial charge in [0.2, 0.25) is 0 Å². The molecule has 0 atom stereocenters. The molecular formula is C14H18N4OS2. The fourth-order valence-corrected chi connectivity index (χ4v) is 3.09. The maximum atomic E-state index is 12.7. The van der Waals surface area contributed by atoms with Crippen LogP contribution in [0.4, 0.5) is 5.13 Å². The van der Waals surface area contributed by atoms with Crippen LogP contribution < -0.4 is 4.90 Å². The fourth-order valence-electron chi connectivity index (χ4n) is 1.86. The van der Waals surface area contributed by atoms with E-state index in [4.69, 9.17) is 0 Å². The van der Waals surface area contributed by atoms with Crippen LogP contribution in [0.3, 0.4) is 0 Å². The topological polar surface area (TPSA) is 59.0 Å². The van der Waals surface area contributed by atoms with Gasteiger partial charge in [0.25, 0.3) is 5.91 Å². The summed E-state index contributed by atoms with van der Waals surface area (Å²) in [6.07, 6.45) is 3.61. The molecule has 2 rings (SSSR count). The smallest absolute Gasteiger partial charge is 0.264 e. The van der Waals surface area contributed by atoms with E-state index in [-0.39, 0.29) is 11.8 Å². The van der Waals surface area contributed by atoms with Crippen molar-refractivity contribution >= 4 is 34.1 Å². The van der Waals surface area contributed by atoms with Crippen LogP contribution in [0.2, 0.25) is 0 Å². The van der Waals surface area contributed by atoms with E-state index in [0.717, 1.165) is 10.9 Å². The Hall–Kier alpha value is -1.47. The Morgan fingerprint density at radius 3 is 2.62 bits per heavy atom. The number of aryl methyl sites for hydroxylation is 1. The summed E-state index contributed by atoms with van der Waals surface area (Å²) >= 11 is 2.90. The van der Waals surface area contributed by atoms with Crippen LogP contribution >= 0.6 is 23.1 Å². The van der Waals surface area contributed by atoms with Gasteiger partial charge in [-0.2, -0.15) is 0 Å². The zero-order valence-corrected chi connectivity index (χ0v) is 14.4. The lowest BCUT2D eigenvalue weighted by Crippen LogP contribution is -2.28. The van der Waals surface area contributed by atoms with Crippen LogP contribution in [-0.2, 0) is 0 Å². The first-order chi connectivity index (χ1) is 9.95. The molecule has 5 nitrogen and oxygen atoms in total. The summed E-state index contributed by atoms with van der Waals surface area (Å²) in [7, 11) is 1.72.